The molecule has 6 nitrogen and oxygen atoms in total. The molecule has 134 valence electrons. The zero-order valence-electron chi connectivity index (χ0n) is 16.0. The van der Waals surface area contributed by atoms with Gasteiger partial charge in [-0.05, 0) is 31.0 Å². The Labute approximate surface area is 146 Å². The van der Waals surface area contributed by atoms with Gasteiger partial charge in [0, 0.05) is 0 Å². The Balaban J connectivity index is 2.67. The van der Waals surface area contributed by atoms with E-state index in [1.807, 2.05) is 28.2 Å². The molecule has 0 bridgehead atoms. The summed E-state index contributed by atoms with van der Waals surface area (Å²) in [5.74, 6) is 2.08. The molecule has 1 aromatic rings. The molecule has 0 aromatic heterocycles. The molecule has 0 fully saturated rings. The second-order valence-electron chi connectivity index (χ2n) is 6.07. The molecular formula is C18H34N6+2. The number of hydrogen-bond acceptors (Lipinski definition) is 0. The Kier molecular flexibility index (Phi) is 8.68. The normalized spacial score (nSPS) is 9.92. The smallest absolute Gasteiger partial charge is 0.278 e. The Bertz CT molecular complexity index is 521. The molecule has 4 N–H and O–H groups in total. The van der Waals surface area contributed by atoms with Crippen molar-refractivity contribution in [3.63, 3.8) is 0 Å². The van der Waals surface area contributed by atoms with E-state index >= 15 is 0 Å². The van der Waals surface area contributed by atoms with E-state index in [0.717, 1.165) is 38.1 Å². The summed E-state index contributed by atoms with van der Waals surface area (Å²) in [5.41, 5.74) is 2.53. The summed E-state index contributed by atoms with van der Waals surface area (Å²) in [5, 5.41) is 13.6. The summed E-state index contributed by atoms with van der Waals surface area (Å²) in [6.07, 6.45) is 0. The molecular weight excluding hydrogens is 300 g/mol. The van der Waals surface area contributed by atoms with Crippen LogP contribution in [0.25, 0.3) is 0 Å². The van der Waals surface area contributed by atoms with Crippen molar-refractivity contribution in [3.8, 4) is 0 Å². The third kappa shape index (κ3) is 6.89. The molecule has 0 heterocycles. The third-order valence-corrected chi connectivity index (χ3v) is 3.49. The average Bonchev–Trinajstić information content (AvgIpc) is 2.55. The monoisotopic (exact) mass is 334 g/mol. The summed E-state index contributed by atoms with van der Waals surface area (Å²) in [6, 6.07) is 8.64. The highest BCUT2D eigenvalue weighted by Crippen LogP contribution is 2.05. The van der Waals surface area contributed by atoms with E-state index in [0.29, 0.717) is 0 Å². The number of benzene rings is 1. The molecule has 0 aliphatic heterocycles. The van der Waals surface area contributed by atoms with E-state index in [1.54, 1.807) is 0 Å². The number of guanidine groups is 2. The van der Waals surface area contributed by atoms with Gasteiger partial charge in [0.05, 0.1) is 54.4 Å². The van der Waals surface area contributed by atoms with Gasteiger partial charge in [0.1, 0.15) is 0 Å². The zero-order valence-corrected chi connectivity index (χ0v) is 16.0. The molecule has 6 heteroatoms. The van der Waals surface area contributed by atoms with Gasteiger partial charge < -0.3 is 0 Å². The Morgan fingerprint density at radius 3 is 1.50 bits per heavy atom. The lowest BCUT2D eigenvalue weighted by Gasteiger charge is -2.10. The predicted octanol–water partition coefficient (Wildman–Crippen LogP) is 0.341. The molecule has 1 aromatic carbocycles. The van der Waals surface area contributed by atoms with Crippen LogP contribution in [0.3, 0.4) is 0 Å². The highest BCUT2D eigenvalue weighted by Gasteiger charge is 2.08. The van der Waals surface area contributed by atoms with Crippen molar-refractivity contribution >= 4 is 11.9 Å². The predicted molar refractivity (Wildman–Crippen MR) is 102 cm³/mol. The van der Waals surface area contributed by atoms with Gasteiger partial charge in [-0.25, -0.2) is 0 Å². The van der Waals surface area contributed by atoms with E-state index < -0.39 is 0 Å². The van der Waals surface area contributed by atoms with Crippen LogP contribution in [0.15, 0.2) is 24.3 Å². The van der Waals surface area contributed by atoms with E-state index in [-0.39, 0.29) is 0 Å². The fourth-order valence-electron chi connectivity index (χ4n) is 2.31. The van der Waals surface area contributed by atoms with Crippen LogP contribution in [0, 0.1) is 0 Å². The van der Waals surface area contributed by atoms with Crippen molar-refractivity contribution < 1.29 is 9.15 Å². The first-order chi connectivity index (χ1) is 11.5. The van der Waals surface area contributed by atoms with Crippen LogP contribution in [0.5, 0.6) is 0 Å². The van der Waals surface area contributed by atoms with Crippen molar-refractivity contribution in [1.29, 1.82) is 0 Å². The summed E-state index contributed by atoms with van der Waals surface area (Å²) < 4.78 is 4.12. The molecule has 0 aliphatic rings. The minimum absolute atomic E-state index is 0.797. The van der Waals surface area contributed by atoms with Crippen LogP contribution in [-0.2, 0) is 13.1 Å². The standard InChI is InChI=1S/C18H32N6/c1-7-19-17(23(3)4)21-13-15-10-9-11-16(12-15)14-22-18(20-8-2)24(5)6/h9-12H,7-8,13-14H2,1-6H3,(H2,19,20,21,22)/p+2. The van der Waals surface area contributed by atoms with Gasteiger partial charge in [-0.1, -0.05) is 18.2 Å². The first kappa shape index (κ1) is 19.8. The summed E-state index contributed by atoms with van der Waals surface area (Å²) in [7, 11) is 8.13. The minimum atomic E-state index is 0.797. The maximum atomic E-state index is 3.45. The number of rotatable bonds is 6. The van der Waals surface area contributed by atoms with E-state index in [4.69, 9.17) is 0 Å². The first-order valence-corrected chi connectivity index (χ1v) is 8.59. The molecule has 24 heavy (non-hydrogen) atoms. The largest absolute Gasteiger partial charge is 0.345 e. The lowest BCUT2D eigenvalue weighted by atomic mass is 10.1. The molecule has 1 rings (SSSR count). The lowest BCUT2D eigenvalue weighted by molar-refractivity contribution is -0.469. The van der Waals surface area contributed by atoms with E-state index in [1.165, 1.54) is 11.1 Å². The van der Waals surface area contributed by atoms with Crippen LogP contribution in [0.1, 0.15) is 25.0 Å². The maximum absolute atomic E-state index is 3.45. The molecule has 0 saturated carbocycles. The quantitative estimate of drug-likeness (QED) is 0.344. The average molecular weight is 335 g/mol. The second-order valence-corrected chi connectivity index (χ2v) is 6.07. The Morgan fingerprint density at radius 1 is 0.750 bits per heavy atom. The van der Waals surface area contributed by atoms with Gasteiger partial charge in [-0.15, -0.1) is 0 Å². The van der Waals surface area contributed by atoms with Crippen LogP contribution >= 0.6 is 0 Å². The van der Waals surface area contributed by atoms with Crippen molar-refractivity contribution in [2.45, 2.75) is 26.9 Å². The molecule has 0 saturated heterocycles. The topological polar surface area (TPSA) is 54.1 Å². The number of nitrogens with one attached hydrogen (secondary N) is 4. The summed E-state index contributed by atoms with van der Waals surface area (Å²) in [6.45, 7) is 7.59. The third-order valence-electron chi connectivity index (χ3n) is 3.49. The van der Waals surface area contributed by atoms with Gasteiger partial charge in [0.15, 0.2) is 0 Å². The molecule has 0 radical (unpaired) electrons. The highest BCUT2D eigenvalue weighted by atomic mass is 15.2. The van der Waals surface area contributed by atoms with Crippen LogP contribution in [0.4, 0.5) is 0 Å². The van der Waals surface area contributed by atoms with Gasteiger partial charge in [-0.2, -0.15) is 0 Å². The van der Waals surface area contributed by atoms with Gasteiger partial charge in [0.25, 0.3) is 0 Å². The Morgan fingerprint density at radius 2 is 1.17 bits per heavy atom. The van der Waals surface area contributed by atoms with Crippen molar-refractivity contribution in [2.75, 3.05) is 41.3 Å². The van der Waals surface area contributed by atoms with Gasteiger partial charge >= 0.3 is 11.9 Å². The van der Waals surface area contributed by atoms with Crippen molar-refractivity contribution in [1.82, 2.24) is 21.3 Å². The molecule has 0 aliphatic carbocycles. The van der Waals surface area contributed by atoms with Crippen LogP contribution in [-0.4, -0.2) is 62.4 Å². The number of nitrogens with zero attached hydrogens (tertiary/aromatic N) is 2. The van der Waals surface area contributed by atoms with Crippen LogP contribution in [0.2, 0.25) is 0 Å². The SMILES string of the molecule is CCNC(NCc1cccc(CNC(NCC)=[N+](C)C)c1)=[N+](C)C. The minimum Gasteiger partial charge on any atom is -0.278 e. The molecule has 0 amide bonds. The highest BCUT2D eigenvalue weighted by molar-refractivity contribution is 5.75. The van der Waals surface area contributed by atoms with Crippen molar-refractivity contribution in [3.05, 3.63) is 35.4 Å². The fourth-order valence-corrected chi connectivity index (χ4v) is 2.31. The van der Waals surface area contributed by atoms with Gasteiger partial charge in [-0.3, -0.25) is 30.4 Å². The molecule has 0 unspecified atom stereocenters. The lowest BCUT2D eigenvalue weighted by Crippen LogP contribution is -2.42. The first-order valence-electron chi connectivity index (χ1n) is 8.59. The summed E-state index contributed by atoms with van der Waals surface area (Å²) >= 11 is 0. The zero-order chi connectivity index (χ0) is 17.9. The molecule has 0 atom stereocenters. The van der Waals surface area contributed by atoms with E-state index in [9.17, 15) is 0 Å². The number of hydrogen-bond donors (Lipinski definition) is 4. The fraction of sp³-hybridized carbons (Fsp3) is 0.556. The van der Waals surface area contributed by atoms with Crippen LogP contribution < -0.4 is 21.3 Å². The molecule has 0 spiro atoms. The maximum Gasteiger partial charge on any atom is 0.345 e. The van der Waals surface area contributed by atoms with Gasteiger partial charge in [0.2, 0.25) is 0 Å². The summed E-state index contributed by atoms with van der Waals surface area (Å²) in [4.78, 5) is 0. The second kappa shape index (κ2) is 10.5. The van der Waals surface area contributed by atoms with Crippen molar-refractivity contribution in [2.24, 2.45) is 0 Å². The Hall–Kier alpha value is -2.24. The van der Waals surface area contributed by atoms with E-state index in [2.05, 4.69) is 68.5 Å².